The van der Waals surface area contributed by atoms with Crippen LogP contribution >= 0.6 is 0 Å². The highest BCUT2D eigenvalue weighted by Gasteiger charge is 2.19. The van der Waals surface area contributed by atoms with Gasteiger partial charge in [-0.15, -0.1) is 0 Å². The summed E-state index contributed by atoms with van der Waals surface area (Å²) in [6.07, 6.45) is 13.5. The molecule has 1 saturated carbocycles. The summed E-state index contributed by atoms with van der Waals surface area (Å²) in [5.74, 6) is 0.0370. The third kappa shape index (κ3) is 5.03. The maximum absolute atomic E-state index is 13.4. The zero-order valence-electron chi connectivity index (χ0n) is 15.6. The highest BCUT2D eigenvalue weighted by atomic mass is 19.2. The van der Waals surface area contributed by atoms with E-state index in [4.69, 9.17) is 0 Å². The fraction of sp³-hybridized carbons (Fsp3) is 0.417. The van der Waals surface area contributed by atoms with Crippen molar-refractivity contribution in [3.63, 3.8) is 0 Å². The largest absolute Gasteiger partial charge is 0.204 e. The predicted octanol–water partition coefficient (Wildman–Crippen LogP) is 7.34. The van der Waals surface area contributed by atoms with Crippen LogP contribution in [0.3, 0.4) is 0 Å². The zero-order chi connectivity index (χ0) is 18.4. The Hall–Kier alpha value is -1.96. The molecule has 0 saturated heterocycles. The number of allylic oxidation sites excluding steroid dienone is 2. The summed E-state index contributed by atoms with van der Waals surface area (Å²) in [6, 6.07) is 12.3. The van der Waals surface area contributed by atoms with E-state index in [1.54, 1.807) is 6.07 Å². The topological polar surface area (TPSA) is 0 Å². The summed E-state index contributed by atoms with van der Waals surface area (Å²) in [5.41, 5.74) is 2.97. The first-order chi connectivity index (χ1) is 12.7. The third-order valence-corrected chi connectivity index (χ3v) is 5.58. The van der Waals surface area contributed by atoms with Crippen LogP contribution in [0.15, 0.2) is 54.6 Å². The minimum absolute atomic E-state index is 0.717. The lowest BCUT2D eigenvalue weighted by Crippen LogP contribution is -2.13. The summed E-state index contributed by atoms with van der Waals surface area (Å²) in [6.45, 7) is 2.19. The molecular weight excluding hydrogens is 326 g/mol. The molecule has 0 N–H and O–H groups in total. The molecule has 2 aromatic carbocycles. The molecule has 0 spiro atoms. The molecule has 0 radical (unpaired) electrons. The van der Waals surface area contributed by atoms with E-state index in [0.29, 0.717) is 5.56 Å². The zero-order valence-corrected chi connectivity index (χ0v) is 15.6. The van der Waals surface area contributed by atoms with E-state index < -0.39 is 11.6 Å². The van der Waals surface area contributed by atoms with Gasteiger partial charge in [0.2, 0.25) is 0 Å². The number of benzene rings is 2. The summed E-state index contributed by atoms with van der Waals surface area (Å²) < 4.78 is 26.5. The first kappa shape index (κ1) is 18.8. The maximum Gasteiger partial charge on any atom is 0.159 e. The molecule has 0 unspecified atom stereocenters. The molecular formula is C24H28F2. The highest BCUT2D eigenvalue weighted by molar-refractivity contribution is 5.63. The van der Waals surface area contributed by atoms with E-state index in [9.17, 15) is 8.78 Å². The second-order valence-corrected chi connectivity index (χ2v) is 7.48. The lowest BCUT2D eigenvalue weighted by atomic mass is 9.79. The molecule has 2 aromatic rings. The SMILES string of the molecule is CCC=C[C@H]1CC[C@H](CCc2ccc(-c3ccc(F)c(F)c3)cc2)CC1. The Morgan fingerprint density at radius 3 is 2.23 bits per heavy atom. The molecule has 1 aliphatic carbocycles. The second-order valence-electron chi connectivity index (χ2n) is 7.48. The molecule has 138 valence electrons. The number of aryl methyl sites for hydroxylation is 1. The van der Waals surface area contributed by atoms with Crippen molar-refractivity contribution in [1.29, 1.82) is 0 Å². The maximum atomic E-state index is 13.4. The summed E-state index contributed by atoms with van der Waals surface area (Å²) in [4.78, 5) is 0. The average molecular weight is 354 g/mol. The Bertz CT molecular complexity index is 722. The Morgan fingerprint density at radius 2 is 1.58 bits per heavy atom. The minimum Gasteiger partial charge on any atom is -0.204 e. The molecule has 0 atom stereocenters. The lowest BCUT2D eigenvalue weighted by Gasteiger charge is -2.26. The molecule has 26 heavy (non-hydrogen) atoms. The van der Waals surface area contributed by atoms with Crippen molar-refractivity contribution in [2.75, 3.05) is 0 Å². The van der Waals surface area contributed by atoms with Gasteiger partial charge in [-0.2, -0.15) is 0 Å². The van der Waals surface area contributed by atoms with E-state index in [1.165, 1.54) is 49.8 Å². The van der Waals surface area contributed by atoms with Gasteiger partial charge in [0.15, 0.2) is 11.6 Å². The van der Waals surface area contributed by atoms with Crippen LogP contribution in [0.2, 0.25) is 0 Å². The fourth-order valence-electron chi connectivity index (χ4n) is 3.91. The molecule has 0 amide bonds. The fourth-order valence-corrected chi connectivity index (χ4v) is 3.91. The van der Waals surface area contributed by atoms with Crippen molar-refractivity contribution in [2.24, 2.45) is 11.8 Å². The van der Waals surface area contributed by atoms with Gasteiger partial charge in [0.05, 0.1) is 0 Å². The molecule has 0 aliphatic heterocycles. The van der Waals surface area contributed by atoms with Gasteiger partial charge >= 0.3 is 0 Å². The van der Waals surface area contributed by atoms with Gasteiger partial charge in [-0.25, -0.2) is 8.78 Å². The summed E-state index contributed by atoms with van der Waals surface area (Å²) in [5, 5.41) is 0. The van der Waals surface area contributed by atoms with Crippen LogP contribution in [0.5, 0.6) is 0 Å². The molecule has 0 bridgehead atoms. The van der Waals surface area contributed by atoms with E-state index in [2.05, 4.69) is 31.2 Å². The van der Waals surface area contributed by atoms with Gasteiger partial charge in [0.25, 0.3) is 0 Å². The van der Waals surface area contributed by atoms with Crippen molar-refractivity contribution in [2.45, 2.75) is 51.9 Å². The molecule has 0 heterocycles. The van der Waals surface area contributed by atoms with Gasteiger partial charge < -0.3 is 0 Å². The minimum atomic E-state index is -0.801. The summed E-state index contributed by atoms with van der Waals surface area (Å²) >= 11 is 0. The van der Waals surface area contributed by atoms with Gasteiger partial charge in [-0.05, 0) is 85.6 Å². The van der Waals surface area contributed by atoms with Crippen molar-refractivity contribution < 1.29 is 8.78 Å². The van der Waals surface area contributed by atoms with Crippen LogP contribution in [0.1, 0.15) is 51.0 Å². The standard InChI is InChI=1S/C24H28F2/c1-2-3-4-18-5-7-19(8-6-18)9-10-20-11-13-21(14-12-20)22-15-16-23(25)24(26)17-22/h3-4,11-19H,2,5-10H2,1H3/t18-,19-. The number of rotatable bonds is 6. The molecule has 3 rings (SSSR count). The predicted molar refractivity (Wildman–Crippen MR) is 105 cm³/mol. The Labute approximate surface area is 156 Å². The van der Waals surface area contributed by atoms with Crippen LogP contribution in [0.4, 0.5) is 8.78 Å². The highest BCUT2D eigenvalue weighted by Crippen LogP contribution is 2.32. The van der Waals surface area contributed by atoms with Crippen molar-refractivity contribution >= 4 is 0 Å². The molecule has 1 aliphatic rings. The van der Waals surface area contributed by atoms with Crippen molar-refractivity contribution in [3.05, 3.63) is 71.8 Å². The van der Waals surface area contributed by atoms with E-state index in [1.807, 2.05) is 12.1 Å². The van der Waals surface area contributed by atoms with E-state index >= 15 is 0 Å². The Balaban J connectivity index is 1.50. The van der Waals surface area contributed by atoms with Crippen LogP contribution in [-0.4, -0.2) is 0 Å². The molecule has 2 heteroatoms. The smallest absolute Gasteiger partial charge is 0.159 e. The van der Waals surface area contributed by atoms with Crippen LogP contribution in [0.25, 0.3) is 11.1 Å². The third-order valence-electron chi connectivity index (χ3n) is 5.58. The quantitative estimate of drug-likeness (QED) is 0.476. The van der Waals surface area contributed by atoms with Crippen LogP contribution in [0, 0.1) is 23.5 Å². The van der Waals surface area contributed by atoms with Crippen molar-refractivity contribution in [1.82, 2.24) is 0 Å². The second kappa shape index (κ2) is 9.12. The molecule has 1 fully saturated rings. The van der Waals surface area contributed by atoms with Gasteiger partial charge in [0, 0.05) is 0 Å². The lowest BCUT2D eigenvalue weighted by molar-refractivity contribution is 0.296. The normalized spacial score (nSPS) is 20.6. The van der Waals surface area contributed by atoms with Gasteiger partial charge in [-0.3, -0.25) is 0 Å². The molecule has 0 nitrogen and oxygen atoms in total. The van der Waals surface area contributed by atoms with Gasteiger partial charge in [-0.1, -0.05) is 49.4 Å². The van der Waals surface area contributed by atoms with Gasteiger partial charge in [0.1, 0.15) is 0 Å². The first-order valence-corrected chi connectivity index (χ1v) is 9.86. The Kier molecular flexibility index (Phi) is 6.60. The number of hydrogen-bond donors (Lipinski definition) is 0. The first-order valence-electron chi connectivity index (χ1n) is 9.86. The molecule has 0 aromatic heterocycles. The average Bonchev–Trinajstić information content (AvgIpc) is 2.68. The van der Waals surface area contributed by atoms with Crippen molar-refractivity contribution in [3.8, 4) is 11.1 Å². The van der Waals surface area contributed by atoms with E-state index in [0.717, 1.165) is 30.2 Å². The van der Waals surface area contributed by atoms with Crippen LogP contribution in [-0.2, 0) is 6.42 Å². The number of hydrogen-bond acceptors (Lipinski definition) is 0. The number of halogens is 2. The van der Waals surface area contributed by atoms with Crippen LogP contribution < -0.4 is 0 Å². The summed E-state index contributed by atoms with van der Waals surface area (Å²) in [7, 11) is 0. The Morgan fingerprint density at radius 1 is 0.885 bits per heavy atom. The monoisotopic (exact) mass is 354 g/mol. The van der Waals surface area contributed by atoms with E-state index in [-0.39, 0.29) is 0 Å².